The van der Waals surface area contributed by atoms with E-state index in [4.69, 9.17) is 0 Å². The summed E-state index contributed by atoms with van der Waals surface area (Å²) in [5.74, 6) is 0.122. The van der Waals surface area contributed by atoms with Gasteiger partial charge in [0.2, 0.25) is 5.91 Å². The summed E-state index contributed by atoms with van der Waals surface area (Å²) in [6.45, 7) is 2.42. The number of rotatable bonds is 1. The second-order valence-corrected chi connectivity index (χ2v) is 3.47. The van der Waals surface area contributed by atoms with Crippen LogP contribution in [0.2, 0.25) is 0 Å². The summed E-state index contributed by atoms with van der Waals surface area (Å²) in [5, 5.41) is 3.15. The molecule has 0 spiro atoms. The first-order valence-corrected chi connectivity index (χ1v) is 4.82. The first-order chi connectivity index (χ1) is 6.74. The summed E-state index contributed by atoms with van der Waals surface area (Å²) in [5.41, 5.74) is 3.45. The van der Waals surface area contributed by atoms with Gasteiger partial charge in [0.25, 0.3) is 0 Å². The predicted octanol–water partition coefficient (Wildman–Crippen LogP) is 1.64. The van der Waals surface area contributed by atoms with Crippen molar-refractivity contribution in [3.63, 3.8) is 0 Å². The van der Waals surface area contributed by atoms with Gasteiger partial charge in [0, 0.05) is 37.5 Å². The highest BCUT2D eigenvalue weighted by Crippen LogP contribution is 2.33. The molecular weight excluding hydrogens is 176 g/mol. The molecule has 1 aromatic rings. The van der Waals surface area contributed by atoms with Crippen molar-refractivity contribution in [3.8, 4) is 0 Å². The molecule has 0 aromatic heterocycles. The lowest BCUT2D eigenvalue weighted by Gasteiger charge is -2.15. The number of nitrogens with one attached hydrogen (secondary N) is 1. The zero-order chi connectivity index (χ0) is 10.1. The third-order valence-corrected chi connectivity index (χ3v) is 2.68. The molecule has 0 unspecified atom stereocenters. The quantitative estimate of drug-likeness (QED) is 0.730. The minimum atomic E-state index is 0.122. The maximum atomic E-state index is 11.3. The zero-order valence-electron chi connectivity index (χ0n) is 8.50. The third kappa shape index (κ3) is 1.25. The summed E-state index contributed by atoms with van der Waals surface area (Å²) in [7, 11) is 1.91. The fourth-order valence-electron chi connectivity index (χ4n) is 2.00. The Balaban J connectivity index is 2.46. The van der Waals surface area contributed by atoms with Crippen LogP contribution in [0.1, 0.15) is 12.5 Å². The van der Waals surface area contributed by atoms with Crippen LogP contribution < -0.4 is 10.2 Å². The van der Waals surface area contributed by atoms with Crippen LogP contribution in [0, 0.1) is 0 Å². The topological polar surface area (TPSA) is 32.3 Å². The molecule has 0 saturated heterocycles. The van der Waals surface area contributed by atoms with Crippen molar-refractivity contribution in [3.05, 3.63) is 23.8 Å². The van der Waals surface area contributed by atoms with Gasteiger partial charge in [0.1, 0.15) is 0 Å². The van der Waals surface area contributed by atoms with Crippen LogP contribution in [-0.4, -0.2) is 19.5 Å². The lowest BCUT2D eigenvalue weighted by atomic mass is 10.1. The maximum absolute atomic E-state index is 11.3. The van der Waals surface area contributed by atoms with E-state index in [9.17, 15) is 4.79 Å². The molecule has 1 aliphatic rings. The molecule has 14 heavy (non-hydrogen) atoms. The summed E-state index contributed by atoms with van der Waals surface area (Å²) >= 11 is 0. The van der Waals surface area contributed by atoms with E-state index >= 15 is 0 Å². The first kappa shape index (κ1) is 9.06. The van der Waals surface area contributed by atoms with Gasteiger partial charge in [0.05, 0.1) is 0 Å². The Hall–Kier alpha value is -1.51. The first-order valence-electron chi connectivity index (χ1n) is 4.82. The van der Waals surface area contributed by atoms with Crippen LogP contribution in [-0.2, 0) is 11.2 Å². The highest BCUT2D eigenvalue weighted by atomic mass is 16.2. The van der Waals surface area contributed by atoms with Gasteiger partial charge in [-0.25, -0.2) is 0 Å². The number of fused-ring (bicyclic) bond motifs is 1. The zero-order valence-corrected chi connectivity index (χ0v) is 8.50. The molecule has 1 aliphatic heterocycles. The molecule has 3 heteroatoms. The second-order valence-electron chi connectivity index (χ2n) is 3.47. The van der Waals surface area contributed by atoms with E-state index in [2.05, 4.69) is 5.32 Å². The van der Waals surface area contributed by atoms with Gasteiger partial charge in [-0.05, 0) is 18.6 Å². The van der Waals surface area contributed by atoms with Crippen LogP contribution in [0.25, 0.3) is 0 Å². The van der Waals surface area contributed by atoms with Crippen LogP contribution in [0.5, 0.6) is 0 Å². The van der Waals surface area contributed by atoms with Crippen LogP contribution in [0.3, 0.4) is 0 Å². The van der Waals surface area contributed by atoms with Crippen molar-refractivity contribution in [2.24, 2.45) is 0 Å². The molecule has 1 N–H and O–H groups in total. The van der Waals surface area contributed by atoms with Gasteiger partial charge < -0.3 is 10.2 Å². The molecule has 0 atom stereocenters. The molecule has 0 aliphatic carbocycles. The summed E-state index contributed by atoms with van der Waals surface area (Å²) in [6.07, 6.45) is 0.950. The molecule has 0 saturated carbocycles. The number of anilines is 2. The van der Waals surface area contributed by atoms with Gasteiger partial charge in [0.15, 0.2) is 0 Å². The van der Waals surface area contributed by atoms with E-state index in [0.29, 0.717) is 0 Å². The normalized spacial score (nSPS) is 14.0. The van der Waals surface area contributed by atoms with Gasteiger partial charge in [-0.2, -0.15) is 0 Å². The monoisotopic (exact) mass is 190 g/mol. The number of hydrogen-bond donors (Lipinski definition) is 1. The molecule has 0 bridgehead atoms. The van der Waals surface area contributed by atoms with E-state index in [1.807, 2.05) is 30.1 Å². The van der Waals surface area contributed by atoms with Crippen molar-refractivity contribution >= 4 is 17.3 Å². The Bertz CT molecular complexity index is 374. The molecule has 74 valence electrons. The molecular formula is C11H14N2O. The Labute approximate surface area is 83.7 Å². The summed E-state index contributed by atoms with van der Waals surface area (Å²) in [4.78, 5) is 13.1. The number of nitrogens with zero attached hydrogens (tertiary/aromatic N) is 1. The van der Waals surface area contributed by atoms with Gasteiger partial charge in [-0.1, -0.05) is 6.07 Å². The molecule has 3 nitrogen and oxygen atoms in total. The van der Waals surface area contributed by atoms with Crippen molar-refractivity contribution < 1.29 is 4.79 Å². The van der Waals surface area contributed by atoms with E-state index in [0.717, 1.165) is 24.3 Å². The van der Waals surface area contributed by atoms with E-state index in [-0.39, 0.29) is 5.91 Å². The number of hydrogen-bond acceptors (Lipinski definition) is 2. The minimum absolute atomic E-state index is 0.122. The Morgan fingerprint density at radius 2 is 2.29 bits per heavy atom. The van der Waals surface area contributed by atoms with Crippen molar-refractivity contribution in [2.75, 3.05) is 23.8 Å². The molecule has 2 rings (SSSR count). The van der Waals surface area contributed by atoms with Crippen molar-refractivity contribution in [1.29, 1.82) is 0 Å². The Morgan fingerprint density at radius 3 is 2.93 bits per heavy atom. The molecule has 1 aromatic carbocycles. The Morgan fingerprint density at radius 1 is 1.50 bits per heavy atom. The number of benzene rings is 1. The fraction of sp³-hybridized carbons (Fsp3) is 0.364. The van der Waals surface area contributed by atoms with E-state index < -0.39 is 0 Å². The standard InChI is InChI=1S/C11H14N2O/c1-8(14)13-7-6-9-10(12-2)4-3-5-11(9)13/h3-5,12H,6-7H2,1-2H3. The van der Waals surface area contributed by atoms with Crippen molar-refractivity contribution in [2.45, 2.75) is 13.3 Å². The van der Waals surface area contributed by atoms with Gasteiger partial charge >= 0.3 is 0 Å². The second kappa shape index (κ2) is 3.33. The lowest BCUT2D eigenvalue weighted by molar-refractivity contribution is -0.116. The SMILES string of the molecule is CNc1cccc2c1CCN2C(C)=O. The molecule has 0 fully saturated rings. The smallest absolute Gasteiger partial charge is 0.223 e. The number of carbonyl (C=O) groups excluding carboxylic acids is 1. The molecule has 1 heterocycles. The average molecular weight is 190 g/mol. The van der Waals surface area contributed by atoms with Crippen molar-refractivity contribution in [1.82, 2.24) is 0 Å². The lowest BCUT2D eigenvalue weighted by Crippen LogP contribution is -2.25. The largest absolute Gasteiger partial charge is 0.388 e. The average Bonchev–Trinajstić information content (AvgIpc) is 2.60. The summed E-state index contributed by atoms with van der Waals surface area (Å²) < 4.78 is 0. The Kier molecular flexibility index (Phi) is 2.15. The van der Waals surface area contributed by atoms with E-state index in [1.54, 1.807) is 6.92 Å². The van der Waals surface area contributed by atoms with Gasteiger partial charge in [-0.15, -0.1) is 0 Å². The van der Waals surface area contributed by atoms with Crippen LogP contribution in [0.4, 0.5) is 11.4 Å². The van der Waals surface area contributed by atoms with Crippen LogP contribution in [0.15, 0.2) is 18.2 Å². The molecule has 0 radical (unpaired) electrons. The third-order valence-electron chi connectivity index (χ3n) is 2.68. The maximum Gasteiger partial charge on any atom is 0.223 e. The van der Waals surface area contributed by atoms with Crippen LogP contribution >= 0.6 is 0 Å². The fourth-order valence-corrected chi connectivity index (χ4v) is 2.00. The van der Waals surface area contributed by atoms with E-state index in [1.165, 1.54) is 5.56 Å². The highest BCUT2D eigenvalue weighted by Gasteiger charge is 2.23. The predicted molar refractivity (Wildman–Crippen MR) is 57.7 cm³/mol. The number of carbonyl (C=O) groups is 1. The number of amides is 1. The minimum Gasteiger partial charge on any atom is -0.388 e. The summed E-state index contributed by atoms with van der Waals surface area (Å²) in [6, 6.07) is 6.03. The highest BCUT2D eigenvalue weighted by molar-refractivity contribution is 5.95. The van der Waals surface area contributed by atoms with Gasteiger partial charge in [-0.3, -0.25) is 4.79 Å². The molecule has 1 amide bonds.